The molecular formula is C92H75NO7. The minimum absolute atomic E-state index is 0.00521. The Morgan fingerprint density at radius 3 is 1.19 bits per heavy atom. The summed E-state index contributed by atoms with van der Waals surface area (Å²) in [5.74, 6) is 7.74. The van der Waals surface area contributed by atoms with Gasteiger partial charge in [-0.2, -0.15) is 0 Å². The monoisotopic (exact) mass is 1310 g/mol. The molecule has 1 fully saturated rings. The number of carbonyl (C=O) groups excluding carboxylic acids is 3. The van der Waals surface area contributed by atoms with Gasteiger partial charge in [0.05, 0.1) is 31.1 Å². The van der Waals surface area contributed by atoms with Gasteiger partial charge in [-0.25, -0.2) is 4.79 Å². The van der Waals surface area contributed by atoms with Crippen molar-refractivity contribution in [3.8, 4) is 23.3 Å². The summed E-state index contributed by atoms with van der Waals surface area (Å²) >= 11 is 0. The third-order valence-electron chi connectivity index (χ3n) is 20.7. The number of hydrogen-bond acceptors (Lipinski definition) is 7. The van der Waals surface area contributed by atoms with Crippen LogP contribution in [0.2, 0.25) is 0 Å². The van der Waals surface area contributed by atoms with Crippen molar-refractivity contribution in [3.05, 3.63) is 299 Å². The lowest BCUT2D eigenvalue weighted by atomic mass is 9.69. The summed E-state index contributed by atoms with van der Waals surface area (Å²) in [6, 6.07) is 83.8. The summed E-state index contributed by atoms with van der Waals surface area (Å²) in [5, 5.41) is 24.1. The molecule has 1 aliphatic heterocycles. The largest absolute Gasteiger partial charge is 0.498 e. The number of ether oxygens (including phenoxy) is 3. The third-order valence-corrected chi connectivity index (χ3v) is 20.7. The van der Waals surface area contributed by atoms with Gasteiger partial charge in [0, 0.05) is 18.4 Å². The fourth-order valence-electron chi connectivity index (χ4n) is 15.4. The van der Waals surface area contributed by atoms with Crippen molar-refractivity contribution in [2.75, 3.05) is 19.8 Å². The molecule has 1 saturated heterocycles. The number of hydrogen-bond donors (Lipinski definition) is 0. The molecule has 8 heteroatoms. The maximum atomic E-state index is 13.3. The number of carbonyl (C=O) groups is 3. The summed E-state index contributed by atoms with van der Waals surface area (Å²) in [4.78, 5) is 43.3. The van der Waals surface area contributed by atoms with Gasteiger partial charge in [0.1, 0.15) is 16.9 Å². The van der Waals surface area contributed by atoms with E-state index in [2.05, 4.69) is 213 Å². The van der Waals surface area contributed by atoms with E-state index in [0.29, 0.717) is 30.4 Å². The lowest BCUT2D eigenvalue weighted by molar-refractivity contribution is -0.172. The molecule has 0 radical (unpaired) electrons. The van der Waals surface area contributed by atoms with Gasteiger partial charge in [-0.1, -0.05) is 206 Å². The molecule has 0 aliphatic carbocycles. The van der Waals surface area contributed by atoms with Crippen molar-refractivity contribution in [3.63, 3.8) is 0 Å². The smallest absolute Gasteiger partial charge is 0.363 e. The number of hydroxylamine groups is 2. The van der Waals surface area contributed by atoms with E-state index in [4.69, 9.17) is 19.0 Å². The van der Waals surface area contributed by atoms with Gasteiger partial charge >= 0.3 is 5.97 Å². The normalized spacial score (nSPS) is 13.2. The zero-order valence-corrected chi connectivity index (χ0v) is 56.4. The molecule has 0 spiro atoms. The standard InChI is InChI=1S/C92H75NO7/c1-60(21-22-61(2)97-57-6-3-12-63-27-30-72-36-33-66-15-9-18-69-39-50-80(63)88(72)85(66)69)92(56-55-62-23-25-75(26-24-62)91(96)100-93-83(94)53-54-84(93)95,76-42-46-78(47-43-76)98-58-7-4-13-64-28-31-73-37-34-67-16-10-19-70-40-51-81(64)89(73)86(67)70)77-44-48-79(49-45-77)99-59-8-5-14-65-29-32-74-38-35-68-17-11-20-71-41-52-82(65)90(74)87(68)71/h9-11,15-52H,3-8,12-14,53-54,57-59H2,1-2H3/b60-21+,61-22+. The highest BCUT2D eigenvalue weighted by molar-refractivity contribution is 6.26. The van der Waals surface area contributed by atoms with E-state index in [0.717, 1.165) is 91.7 Å². The van der Waals surface area contributed by atoms with Crippen LogP contribution in [-0.2, 0) is 43.8 Å². The predicted molar refractivity (Wildman–Crippen MR) is 407 cm³/mol. The zero-order chi connectivity index (χ0) is 67.7. The van der Waals surface area contributed by atoms with E-state index in [1.54, 1.807) is 24.3 Å². The van der Waals surface area contributed by atoms with Crippen molar-refractivity contribution in [2.45, 2.75) is 89.9 Å². The van der Waals surface area contributed by atoms with Gasteiger partial charge < -0.3 is 19.0 Å². The van der Waals surface area contributed by atoms with Gasteiger partial charge in [0.2, 0.25) is 0 Å². The van der Waals surface area contributed by atoms with Crippen LogP contribution in [0, 0.1) is 11.8 Å². The highest BCUT2D eigenvalue weighted by Crippen LogP contribution is 2.43. The third kappa shape index (κ3) is 12.2. The SMILES string of the molecule is C/C(=C\C=C(/C)C(C#Cc1ccc(C(=O)ON2C(=O)CCC2=O)cc1)(c1ccc(OCCCCc2ccc3ccc4cccc5ccc2c3c45)cc1)c1ccc(OCCCCc2ccc3ccc4cccc5ccc2c3c45)cc1)OCCCCc1ccc2ccc3cccc4ccc1c2c34. The molecule has 8 nitrogen and oxygen atoms in total. The van der Waals surface area contributed by atoms with E-state index < -0.39 is 23.2 Å². The molecule has 16 rings (SSSR count). The highest BCUT2D eigenvalue weighted by atomic mass is 16.7. The highest BCUT2D eigenvalue weighted by Gasteiger charge is 2.36. The summed E-state index contributed by atoms with van der Waals surface area (Å²) in [6.45, 7) is 5.83. The number of amides is 2. The van der Waals surface area contributed by atoms with Crippen molar-refractivity contribution >= 4 is 115 Å². The molecule has 1 aliphatic rings. The average molecular weight is 1310 g/mol. The topological polar surface area (TPSA) is 91.4 Å². The van der Waals surface area contributed by atoms with Crippen LogP contribution in [0.15, 0.2) is 260 Å². The Morgan fingerprint density at radius 1 is 0.410 bits per heavy atom. The Hall–Kier alpha value is -11.5. The quantitative estimate of drug-likeness (QED) is 0.0149. The summed E-state index contributed by atoms with van der Waals surface area (Å²) in [6.07, 6.45) is 12.6. The Bertz CT molecular complexity index is 5450. The van der Waals surface area contributed by atoms with Crippen LogP contribution in [0.25, 0.3) is 97.0 Å². The molecule has 0 aromatic heterocycles. The van der Waals surface area contributed by atoms with Crippen molar-refractivity contribution < 1.29 is 33.4 Å². The summed E-state index contributed by atoms with van der Waals surface area (Å²) < 4.78 is 19.6. The van der Waals surface area contributed by atoms with Crippen LogP contribution in [0.1, 0.15) is 109 Å². The molecule has 15 aromatic carbocycles. The van der Waals surface area contributed by atoms with Crippen LogP contribution in [0.5, 0.6) is 11.5 Å². The van der Waals surface area contributed by atoms with Crippen LogP contribution >= 0.6 is 0 Å². The molecule has 0 saturated carbocycles. The Morgan fingerprint density at radius 2 is 0.780 bits per heavy atom. The first kappa shape index (κ1) is 63.2. The van der Waals surface area contributed by atoms with E-state index >= 15 is 0 Å². The van der Waals surface area contributed by atoms with Crippen LogP contribution in [-0.4, -0.2) is 42.7 Å². The number of rotatable bonds is 24. The molecule has 1 heterocycles. The van der Waals surface area contributed by atoms with Crippen molar-refractivity contribution in [1.82, 2.24) is 5.06 Å². The Labute approximate surface area is 582 Å². The molecule has 0 bridgehead atoms. The van der Waals surface area contributed by atoms with Gasteiger partial charge in [-0.05, 0) is 257 Å². The fourth-order valence-corrected chi connectivity index (χ4v) is 15.4. The number of allylic oxidation sites excluding steroid dienone is 4. The summed E-state index contributed by atoms with van der Waals surface area (Å²) in [7, 11) is 0. The second-order valence-corrected chi connectivity index (χ2v) is 26.9. The van der Waals surface area contributed by atoms with Crippen molar-refractivity contribution in [2.24, 2.45) is 0 Å². The van der Waals surface area contributed by atoms with Crippen LogP contribution in [0.4, 0.5) is 0 Å². The number of aryl methyl sites for hydroxylation is 3. The zero-order valence-electron chi connectivity index (χ0n) is 56.4. The predicted octanol–water partition coefficient (Wildman–Crippen LogP) is 21.6. The molecule has 0 atom stereocenters. The minimum atomic E-state index is -1.04. The van der Waals surface area contributed by atoms with E-state index in [1.807, 2.05) is 37.3 Å². The van der Waals surface area contributed by atoms with Gasteiger partial charge in [0.15, 0.2) is 0 Å². The number of benzene rings is 15. The van der Waals surface area contributed by atoms with Crippen LogP contribution in [0.3, 0.4) is 0 Å². The van der Waals surface area contributed by atoms with E-state index in [1.165, 1.54) is 114 Å². The number of unbranched alkanes of at least 4 members (excludes halogenated alkanes) is 3. The van der Waals surface area contributed by atoms with Crippen LogP contribution < -0.4 is 9.47 Å². The van der Waals surface area contributed by atoms with Gasteiger partial charge in [-0.15, -0.1) is 5.06 Å². The van der Waals surface area contributed by atoms with Crippen molar-refractivity contribution in [1.29, 1.82) is 0 Å². The second-order valence-electron chi connectivity index (χ2n) is 26.9. The molecular weight excluding hydrogens is 1230 g/mol. The lowest BCUT2D eigenvalue weighted by Crippen LogP contribution is -2.32. The first-order chi connectivity index (χ1) is 49.1. The minimum Gasteiger partial charge on any atom is -0.498 e. The first-order valence-corrected chi connectivity index (χ1v) is 35.2. The fraction of sp³-hybridized carbons (Fsp3) is 0.185. The second kappa shape index (κ2) is 27.4. The van der Waals surface area contributed by atoms with Gasteiger partial charge in [0.25, 0.3) is 11.8 Å². The van der Waals surface area contributed by atoms with E-state index in [9.17, 15) is 14.4 Å². The molecule has 100 heavy (non-hydrogen) atoms. The molecule has 490 valence electrons. The molecule has 0 N–H and O–H groups in total. The maximum absolute atomic E-state index is 13.3. The number of imide groups is 1. The number of nitrogens with zero attached hydrogens (tertiary/aromatic N) is 1. The average Bonchev–Trinajstić information content (AvgIpc) is 0.816. The first-order valence-electron chi connectivity index (χ1n) is 35.2. The Balaban J connectivity index is 0.659. The lowest BCUT2D eigenvalue weighted by Gasteiger charge is -2.32. The molecule has 15 aromatic rings. The molecule has 0 unspecified atom stereocenters. The molecule has 2 amide bonds. The maximum Gasteiger partial charge on any atom is 0.363 e. The Kier molecular flexibility index (Phi) is 17.3. The van der Waals surface area contributed by atoms with E-state index in [-0.39, 0.29) is 18.4 Å². The summed E-state index contributed by atoms with van der Waals surface area (Å²) in [5.41, 5.74) is 6.65. The van der Waals surface area contributed by atoms with Gasteiger partial charge in [-0.3, -0.25) is 9.59 Å².